The number of hydrogen-bond acceptors (Lipinski definition) is 5. The van der Waals surface area contributed by atoms with E-state index in [1.54, 1.807) is 0 Å². The van der Waals surface area contributed by atoms with Crippen molar-refractivity contribution in [1.29, 1.82) is 0 Å². The quantitative estimate of drug-likeness (QED) is 0.846. The maximum Gasteiger partial charge on any atom is 0.240 e. The fourth-order valence-corrected chi connectivity index (χ4v) is 3.34. The van der Waals surface area contributed by atoms with Crippen molar-refractivity contribution in [2.24, 2.45) is 0 Å². The SMILES string of the molecule is CCC(C(=O)N1CCc2oc(C(C)C)nc2C1)N1CCOCC1. The Morgan fingerprint density at radius 2 is 2.00 bits per heavy atom. The minimum Gasteiger partial charge on any atom is -0.445 e. The van der Waals surface area contributed by atoms with Gasteiger partial charge in [0, 0.05) is 32.0 Å². The average Bonchev–Trinajstić information content (AvgIpc) is 3.00. The van der Waals surface area contributed by atoms with Crippen LogP contribution >= 0.6 is 0 Å². The molecule has 1 aromatic rings. The van der Waals surface area contributed by atoms with Crippen molar-refractivity contribution < 1.29 is 13.9 Å². The summed E-state index contributed by atoms with van der Waals surface area (Å²) in [4.78, 5) is 21.7. The Morgan fingerprint density at radius 3 is 2.65 bits per heavy atom. The van der Waals surface area contributed by atoms with Gasteiger partial charge < -0.3 is 14.1 Å². The summed E-state index contributed by atoms with van der Waals surface area (Å²) in [5, 5.41) is 0. The Labute approximate surface area is 137 Å². The van der Waals surface area contributed by atoms with E-state index >= 15 is 0 Å². The molecule has 1 atom stereocenters. The highest BCUT2D eigenvalue weighted by molar-refractivity contribution is 5.82. The predicted molar refractivity (Wildman–Crippen MR) is 86.2 cm³/mol. The number of hydrogen-bond donors (Lipinski definition) is 0. The van der Waals surface area contributed by atoms with Crippen molar-refractivity contribution in [2.75, 3.05) is 32.8 Å². The largest absolute Gasteiger partial charge is 0.445 e. The summed E-state index contributed by atoms with van der Waals surface area (Å²) in [6, 6.07) is -0.0445. The zero-order chi connectivity index (χ0) is 16.4. The van der Waals surface area contributed by atoms with Crippen LogP contribution in [0, 0.1) is 0 Å². The lowest BCUT2D eigenvalue weighted by Crippen LogP contribution is -2.52. The average molecular weight is 321 g/mol. The van der Waals surface area contributed by atoms with Crippen LogP contribution in [0.2, 0.25) is 0 Å². The molecule has 0 aromatic carbocycles. The van der Waals surface area contributed by atoms with Crippen molar-refractivity contribution in [1.82, 2.24) is 14.8 Å². The molecule has 6 nitrogen and oxygen atoms in total. The molecule has 1 fully saturated rings. The third-order valence-electron chi connectivity index (χ3n) is 4.71. The molecule has 2 aliphatic heterocycles. The van der Waals surface area contributed by atoms with Gasteiger partial charge in [0.05, 0.1) is 25.8 Å². The standard InChI is InChI=1S/C17H27N3O3/c1-4-14(19-7-9-22-10-8-19)17(21)20-6-5-15-13(11-20)18-16(23-15)12(2)3/h12,14H,4-11H2,1-3H3. The van der Waals surface area contributed by atoms with E-state index in [1.165, 1.54) is 0 Å². The fraction of sp³-hybridized carbons (Fsp3) is 0.765. The second-order valence-electron chi connectivity index (χ2n) is 6.66. The van der Waals surface area contributed by atoms with Gasteiger partial charge in [0.15, 0.2) is 5.89 Å². The summed E-state index contributed by atoms with van der Waals surface area (Å²) < 4.78 is 11.2. The van der Waals surface area contributed by atoms with E-state index in [-0.39, 0.29) is 17.9 Å². The lowest BCUT2D eigenvalue weighted by atomic mass is 10.1. The summed E-state index contributed by atoms with van der Waals surface area (Å²) in [6.07, 6.45) is 1.60. The van der Waals surface area contributed by atoms with Crippen LogP contribution in [0.5, 0.6) is 0 Å². The number of fused-ring (bicyclic) bond motifs is 1. The molecule has 23 heavy (non-hydrogen) atoms. The third-order valence-corrected chi connectivity index (χ3v) is 4.71. The van der Waals surface area contributed by atoms with Gasteiger partial charge in [-0.05, 0) is 6.42 Å². The Kier molecular flexibility index (Phi) is 5.02. The van der Waals surface area contributed by atoms with Crippen molar-refractivity contribution in [3.63, 3.8) is 0 Å². The van der Waals surface area contributed by atoms with E-state index < -0.39 is 0 Å². The molecule has 0 bridgehead atoms. The number of oxazole rings is 1. The molecule has 0 N–H and O–H groups in total. The van der Waals surface area contributed by atoms with Crippen molar-refractivity contribution >= 4 is 5.91 Å². The summed E-state index contributed by atoms with van der Waals surface area (Å²) in [6.45, 7) is 10.6. The van der Waals surface area contributed by atoms with Gasteiger partial charge in [0.1, 0.15) is 11.5 Å². The number of rotatable bonds is 4. The molecule has 1 unspecified atom stereocenters. The van der Waals surface area contributed by atoms with Gasteiger partial charge in [-0.2, -0.15) is 0 Å². The van der Waals surface area contributed by atoms with Crippen molar-refractivity contribution in [3.05, 3.63) is 17.3 Å². The molecule has 1 amide bonds. The zero-order valence-corrected chi connectivity index (χ0v) is 14.4. The van der Waals surface area contributed by atoms with Gasteiger partial charge >= 0.3 is 0 Å². The highest BCUT2D eigenvalue weighted by Gasteiger charge is 2.33. The molecule has 0 radical (unpaired) electrons. The van der Waals surface area contributed by atoms with E-state index in [1.807, 2.05) is 4.90 Å². The van der Waals surface area contributed by atoms with Crippen LogP contribution in [0.1, 0.15) is 50.5 Å². The Morgan fingerprint density at radius 1 is 1.26 bits per heavy atom. The lowest BCUT2D eigenvalue weighted by Gasteiger charge is -2.36. The van der Waals surface area contributed by atoms with Gasteiger partial charge in [0.2, 0.25) is 5.91 Å². The van der Waals surface area contributed by atoms with E-state index in [2.05, 4.69) is 30.7 Å². The number of nitrogens with zero attached hydrogens (tertiary/aromatic N) is 3. The van der Waals surface area contributed by atoms with Crippen LogP contribution in [0.3, 0.4) is 0 Å². The molecule has 1 aromatic heterocycles. The minimum atomic E-state index is -0.0445. The Balaban J connectivity index is 1.69. The normalized spacial score (nSPS) is 20.6. The van der Waals surface area contributed by atoms with E-state index in [4.69, 9.17) is 9.15 Å². The maximum atomic E-state index is 13.0. The lowest BCUT2D eigenvalue weighted by molar-refractivity contribution is -0.140. The molecule has 1 saturated heterocycles. The van der Waals surface area contributed by atoms with Crippen LogP contribution in [0.4, 0.5) is 0 Å². The topological polar surface area (TPSA) is 58.8 Å². The summed E-state index contributed by atoms with van der Waals surface area (Å²) in [5.74, 6) is 2.23. The van der Waals surface area contributed by atoms with E-state index in [0.717, 1.165) is 63.0 Å². The molecule has 128 valence electrons. The van der Waals surface area contributed by atoms with Crippen LogP contribution < -0.4 is 0 Å². The van der Waals surface area contributed by atoms with E-state index in [0.29, 0.717) is 6.54 Å². The van der Waals surface area contributed by atoms with Gasteiger partial charge in [-0.15, -0.1) is 0 Å². The molecule has 3 heterocycles. The highest BCUT2D eigenvalue weighted by atomic mass is 16.5. The smallest absolute Gasteiger partial charge is 0.240 e. The second-order valence-corrected chi connectivity index (χ2v) is 6.66. The summed E-state index contributed by atoms with van der Waals surface area (Å²) in [5.41, 5.74) is 0.935. The van der Waals surface area contributed by atoms with Crippen LogP contribution in [-0.2, 0) is 22.5 Å². The number of amides is 1. The van der Waals surface area contributed by atoms with Crippen LogP contribution in [-0.4, -0.2) is 59.6 Å². The highest BCUT2D eigenvalue weighted by Crippen LogP contribution is 2.25. The molecular formula is C17H27N3O3. The molecule has 2 aliphatic rings. The van der Waals surface area contributed by atoms with Crippen LogP contribution in [0.25, 0.3) is 0 Å². The number of ether oxygens (including phenoxy) is 1. The first-order valence-electron chi connectivity index (χ1n) is 8.69. The summed E-state index contributed by atoms with van der Waals surface area (Å²) >= 11 is 0. The first-order valence-corrected chi connectivity index (χ1v) is 8.69. The van der Waals surface area contributed by atoms with Gasteiger partial charge in [-0.1, -0.05) is 20.8 Å². The second kappa shape index (κ2) is 7.01. The van der Waals surface area contributed by atoms with Gasteiger partial charge in [-0.25, -0.2) is 4.98 Å². The minimum absolute atomic E-state index is 0.0445. The Bertz CT molecular complexity index is 549. The van der Waals surface area contributed by atoms with Crippen molar-refractivity contribution in [2.45, 2.75) is 52.1 Å². The fourth-order valence-electron chi connectivity index (χ4n) is 3.34. The molecule has 0 spiro atoms. The zero-order valence-electron chi connectivity index (χ0n) is 14.4. The molecule has 0 saturated carbocycles. The monoisotopic (exact) mass is 321 g/mol. The number of carbonyl (C=O) groups excluding carboxylic acids is 1. The molecule has 0 aliphatic carbocycles. The Hall–Kier alpha value is -1.40. The maximum absolute atomic E-state index is 13.0. The summed E-state index contributed by atoms with van der Waals surface area (Å²) in [7, 11) is 0. The van der Waals surface area contributed by atoms with E-state index in [9.17, 15) is 4.79 Å². The first kappa shape index (κ1) is 16.5. The van der Waals surface area contributed by atoms with Crippen LogP contribution in [0.15, 0.2) is 4.42 Å². The first-order chi connectivity index (χ1) is 11.1. The third kappa shape index (κ3) is 3.43. The number of aromatic nitrogens is 1. The van der Waals surface area contributed by atoms with Crippen molar-refractivity contribution in [3.8, 4) is 0 Å². The van der Waals surface area contributed by atoms with Gasteiger partial charge in [-0.3, -0.25) is 9.69 Å². The number of carbonyl (C=O) groups is 1. The van der Waals surface area contributed by atoms with Gasteiger partial charge in [0.25, 0.3) is 0 Å². The molecular weight excluding hydrogens is 294 g/mol. The molecule has 6 heteroatoms. The number of morpholine rings is 1. The predicted octanol–water partition coefficient (Wildman–Crippen LogP) is 1.79. The molecule has 3 rings (SSSR count).